The lowest BCUT2D eigenvalue weighted by Gasteiger charge is -2.62. The van der Waals surface area contributed by atoms with Gasteiger partial charge in [0.1, 0.15) is 0 Å². The first-order valence-corrected chi connectivity index (χ1v) is 11.7. The Kier molecular flexibility index (Phi) is 5.32. The molecular weight excluding hydrogens is 358 g/mol. The summed E-state index contributed by atoms with van der Waals surface area (Å²) in [6.07, 6.45) is 11.0. The molecule has 4 aliphatic carbocycles. The summed E-state index contributed by atoms with van der Waals surface area (Å²) in [6.45, 7) is 4.26. The maximum absolute atomic E-state index is 15.9. The van der Waals surface area contributed by atoms with E-state index >= 15 is 8.78 Å². The van der Waals surface area contributed by atoms with Gasteiger partial charge in [-0.15, -0.1) is 0 Å². The van der Waals surface area contributed by atoms with E-state index in [4.69, 9.17) is 4.74 Å². The molecule has 0 N–H and O–H groups in total. The molecule has 0 bridgehead atoms. The predicted octanol–water partition coefficient (Wildman–Crippen LogP) is 6.62. The Bertz CT molecular complexity index is 605. The summed E-state index contributed by atoms with van der Waals surface area (Å²) in [7, 11) is 1.40. The molecule has 4 heteroatoms. The molecule has 0 aromatic rings. The van der Waals surface area contributed by atoms with Crippen LogP contribution in [0.5, 0.6) is 0 Å². The lowest BCUT2D eigenvalue weighted by Crippen LogP contribution is -2.60. The number of esters is 1. The number of carbonyl (C=O) groups is 1. The Labute approximate surface area is 169 Å². The number of halogens is 2. The maximum Gasteiger partial charge on any atom is 0.305 e. The molecule has 7 atom stereocenters. The number of carbonyl (C=O) groups excluding carboxylic acids is 1. The molecule has 0 aliphatic heterocycles. The van der Waals surface area contributed by atoms with Gasteiger partial charge in [0.15, 0.2) is 0 Å². The second-order valence-corrected chi connectivity index (χ2v) is 10.8. The normalized spacial score (nSPS) is 47.0. The third-order valence-corrected chi connectivity index (χ3v) is 10.0. The molecule has 0 spiro atoms. The molecule has 4 fully saturated rings. The monoisotopic (exact) mass is 396 g/mol. The highest BCUT2D eigenvalue weighted by atomic mass is 19.3. The molecule has 0 aromatic heterocycles. The summed E-state index contributed by atoms with van der Waals surface area (Å²) in [5.41, 5.74) is -0.753. The maximum atomic E-state index is 15.9. The Morgan fingerprint density at radius 3 is 2.57 bits per heavy atom. The van der Waals surface area contributed by atoms with E-state index in [-0.39, 0.29) is 35.6 Å². The molecule has 4 rings (SSSR count). The van der Waals surface area contributed by atoms with Gasteiger partial charge in [-0.05, 0) is 86.4 Å². The van der Waals surface area contributed by atoms with Crippen LogP contribution >= 0.6 is 0 Å². The molecule has 160 valence electrons. The van der Waals surface area contributed by atoms with Crippen molar-refractivity contribution < 1.29 is 18.3 Å². The van der Waals surface area contributed by atoms with Crippen molar-refractivity contribution in [1.29, 1.82) is 0 Å². The number of ether oxygens (including phenoxy) is 1. The molecule has 0 heterocycles. The standard InChI is InChI=1S/C24H38F2O2/c1-22-14-5-4-7-16(22)10-12-18-19-13-11-17(8-6-9-21(27)28-3)23(19,2)24(25,26)15-20(18)22/h16-20H,4-15H2,1-3H3/t16?,17?,18-,19?,20?,22?,23?/m0/s1. The quantitative estimate of drug-likeness (QED) is 0.499. The van der Waals surface area contributed by atoms with Gasteiger partial charge in [0, 0.05) is 18.3 Å². The van der Waals surface area contributed by atoms with E-state index in [1.165, 1.54) is 32.8 Å². The average Bonchev–Trinajstić information content (AvgIpc) is 3.00. The van der Waals surface area contributed by atoms with Crippen molar-refractivity contribution in [2.45, 2.75) is 96.8 Å². The topological polar surface area (TPSA) is 26.3 Å². The van der Waals surface area contributed by atoms with Crippen molar-refractivity contribution >= 4 is 5.97 Å². The van der Waals surface area contributed by atoms with Gasteiger partial charge in [-0.3, -0.25) is 4.79 Å². The van der Waals surface area contributed by atoms with Crippen LogP contribution in [0.4, 0.5) is 8.78 Å². The van der Waals surface area contributed by atoms with E-state index in [2.05, 4.69) is 6.92 Å². The highest BCUT2D eigenvalue weighted by Gasteiger charge is 2.69. The van der Waals surface area contributed by atoms with Gasteiger partial charge in [0.2, 0.25) is 0 Å². The smallest absolute Gasteiger partial charge is 0.305 e. The Hall–Kier alpha value is -0.670. The van der Waals surface area contributed by atoms with Gasteiger partial charge < -0.3 is 4.74 Å². The average molecular weight is 397 g/mol. The Balaban J connectivity index is 1.56. The number of hydrogen-bond acceptors (Lipinski definition) is 2. The highest BCUT2D eigenvalue weighted by molar-refractivity contribution is 5.68. The first-order valence-electron chi connectivity index (χ1n) is 11.7. The minimum Gasteiger partial charge on any atom is -0.469 e. The van der Waals surface area contributed by atoms with Crippen LogP contribution in [-0.4, -0.2) is 19.0 Å². The predicted molar refractivity (Wildman–Crippen MR) is 106 cm³/mol. The van der Waals surface area contributed by atoms with Crippen molar-refractivity contribution in [3.8, 4) is 0 Å². The fourth-order valence-electron chi connectivity index (χ4n) is 8.39. The van der Waals surface area contributed by atoms with E-state index in [1.54, 1.807) is 0 Å². The van der Waals surface area contributed by atoms with Crippen molar-refractivity contribution in [2.24, 2.45) is 40.4 Å². The minimum atomic E-state index is -2.59. The molecule has 2 nitrogen and oxygen atoms in total. The van der Waals surface area contributed by atoms with Crippen molar-refractivity contribution in [3.05, 3.63) is 0 Å². The van der Waals surface area contributed by atoms with E-state index in [0.717, 1.165) is 32.1 Å². The van der Waals surface area contributed by atoms with E-state index in [0.29, 0.717) is 24.7 Å². The number of alkyl halides is 2. The summed E-state index contributed by atoms with van der Waals surface area (Å²) < 4.78 is 36.4. The SMILES string of the molecule is COC(=O)CCCC1CCC2[C@@H]3CCC4CCCCC4(C)C3CC(F)(F)C12C. The van der Waals surface area contributed by atoms with Crippen LogP contribution in [0.1, 0.15) is 90.9 Å². The lowest BCUT2D eigenvalue weighted by atomic mass is 9.44. The van der Waals surface area contributed by atoms with Gasteiger partial charge in [-0.25, -0.2) is 8.78 Å². The van der Waals surface area contributed by atoms with Gasteiger partial charge in [-0.2, -0.15) is 0 Å². The van der Waals surface area contributed by atoms with Crippen LogP contribution < -0.4 is 0 Å². The van der Waals surface area contributed by atoms with Crippen LogP contribution in [0.3, 0.4) is 0 Å². The second-order valence-electron chi connectivity index (χ2n) is 10.8. The van der Waals surface area contributed by atoms with Gasteiger partial charge in [-0.1, -0.05) is 26.7 Å². The molecule has 0 amide bonds. The van der Waals surface area contributed by atoms with Crippen LogP contribution in [-0.2, 0) is 9.53 Å². The molecule has 4 aliphatic rings. The molecule has 4 saturated carbocycles. The highest BCUT2D eigenvalue weighted by Crippen LogP contribution is 2.71. The second kappa shape index (κ2) is 7.23. The number of rotatable bonds is 4. The van der Waals surface area contributed by atoms with Crippen molar-refractivity contribution in [1.82, 2.24) is 0 Å². The van der Waals surface area contributed by atoms with Crippen LogP contribution in [0.25, 0.3) is 0 Å². The first kappa shape index (κ1) is 20.6. The zero-order valence-corrected chi connectivity index (χ0v) is 17.9. The molecule has 0 radical (unpaired) electrons. The third-order valence-electron chi connectivity index (χ3n) is 10.0. The largest absolute Gasteiger partial charge is 0.469 e. The van der Waals surface area contributed by atoms with Crippen molar-refractivity contribution in [3.63, 3.8) is 0 Å². The van der Waals surface area contributed by atoms with Crippen LogP contribution in [0, 0.1) is 40.4 Å². The van der Waals surface area contributed by atoms with Crippen LogP contribution in [0.2, 0.25) is 0 Å². The molecule has 28 heavy (non-hydrogen) atoms. The summed E-state index contributed by atoms with van der Waals surface area (Å²) >= 11 is 0. The number of hydrogen-bond donors (Lipinski definition) is 0. The summed E-state index contributed by atoms with van der Waals surface area (Å²) in [6, 6.07) is 0. The fraction of sp³-hybridized carbons (Fsp3) is 0.958. The zero-order chi connectivity index (χ0) is 20.2. The van der Waals surface area contributed by atoms with Gasteiger partial charge in [0.25, 0.3) is 5.92 Å². The lowest BCUT2D eigenvalue weighted by molar-refractivity contribution is -0.240. The van der Waals surface area contributed by atoms with E-state index in [1.807, 2.05) is 6.92 Å². The van der Waals surface area contributed by atoms with Gasteiger partial charge >= 0.3 is 5.97 Å². The Morgan fingerprint density at radius 1 is 1.04 bits per heavy atom. The van der Waals surface area contributed by atoms with Gasteiger partial charge in [0.05, 0.1) is 7.11 Å². The van der Waals surface area contributed by atoms with E-state index < -0.39 is 11.3 Å². The molecule has 6 unspecified atom stereocenters. The third kappa shape index (κ3) is 2.95. The van der Waals surface area contributed by atoms with Crippen molar-refractivity contribution in [2.75, 3.05) is 7.11 Å². The molecule has 0 saturated heterocycles. The Morgan fingerprint density at radius 2 is 1.82 bits per heavy atom. The fourth-order valence-corrected chi connectivity index (χ4v) is 8.39. The molecule has 0 aromatic carbocycles. The minimum absolute atomic E-state index is 0.0370. The molecular formula is C24H38F2O2. The first-order chi connectivity index (χ1) is 13.2. The number of methoxy groups -OCH3 is 1. The van der Waals surface area contributed by atoms with E-state index in [9.17, 15) is 4.79 Å². The summed E-state index contributed by atoms with van der Waals surface area (Å²) in [5, 5.41) is 0. The summed E-state index contributed by atoms with van der Waals surface area (Å²) in [5.74, 6) is -1.27. The van der Waals surface area contributed by atoms with Crippen LogP contribution in [0.15, 0.2) is 0 Å². The zero-order valence-electron chi connectivity index (χ0n) is 17.9. The number of fused-ring (bicyclic) bond motifs is 5. The summed E-state index contributed by atoms with van der Waals surface area (Å²) in [4.78, 5) is 11.5.